The highest BCUT2D eigenvalue weighted by molar-refractivity contribution is 8.04. The van der Waals surface area contributed by atoms with Gasteiger partial charge in [-0.1, -0.05) is 12.1 Å². The van der Waals surface area contributed by atoms with Crippen molar-refractivity contribution in [1.82, 2.24) is 4.90 Å². The molecular formula is C21H26N2O5S. The second-order valence-electron chi connectivity index (χ2n) is 7.40. The molecule has 0 aromatic heterocycles. The molecule has 0 saturated carbocycles. The van der Waals surface area contributed by atoms with E-state index in [4.69, 9.17) is 14.2 Å². The van der Waals surface area contributed by atoms with E-state index in [0.717, 1.165) is 24.2 Å². The number of allylic oxidation sites excluding steroid dienone is 1. The third kappa shape index (κ3) is 4.76. The highest BCUT2D eigenvalue weighted by atomic mass is 32.2. The summed E-state index contributed by atoms with van der Waals surface area (Å²) in [5.74, 6) is 0.918. The van der Waals surface area contributed by atoms with Crippen LogP contribution in [0.1, 0.15) is 25.3 Å². The Hall–Kier alpha value is -2.03. The van der Waals surface area contributed by atoms with Gasteiger partial charge in [-0.2, -0.15) is 0 Å². The minimum atomic E-state index is -0.466. The van der Waals surface area contributed by atoms with Crippen LogP contribution in [0.25, 0.3) is 0 Å². The van der Waals surface area contributed by atoms with Crippen LogP contribution in [0.2, 0.25) is 0 Å². The van der Waals surface area contributed by atoms with E-state index in [2.05, 4.69) is 5.32 Å². The van der Waals surface area contributed by atoms with E-state index in [1.54, 1.807) is 0 Å². The number of likely N-dealkylation sites (tertiary alicyclic amines) is 1. The maximum absolute atomic E-state index is 12.6. The van der Waals surface area contributed by atoms with Crippen LogP contribution in [-0.4, -0.2) is 61.2 Å². The fraction of sp³-hybridized carbons (Fsp3) is 0.524. The predicted octanol–water partition coefficient (Wildman–Crippen LogP) is 2.53. The van der Waals surface area contributed by atoms with E-state index < -0.39 is 5.79 Å². The van der Waals surface area contributed by atoms with E-state index in [9.17, 15) is 9.59 Å². The summed E-state index contributed by atoms with van der Waals surface area (Å²) in [6, 6.07) is 7.42. The number of carbonyl (C=O) groups is 2. The summed E-state index contributed by atoms with van der Waals surface area (Å²) in [5, 5.41) is 2.89. The fourth-order valence-corrected chi connectivity index (χ4v) is 4.61. The number of ether oxygens (including phenoxy) is 3. The number of carbonyl (C=O) groups excluding carboxylic acids is 2. The number of piperidine rings is 1. The molecule has 0 unspecified atom stereocenters. The Balaban J connectivity index is 1.29. The van der Waals surface area contributed by atoms with Crippen LogP contribution in [0.4, 0.5) is 5.69 Å². The standard InChI is InChI=1S/C21H26N2O5S/c1-15-19(29-13-12-26-15)20(25)22-17-4-2-16(3-5-17)14-18(24)23-8-6-21(7-9-23)27-10-11-28-21/h2-5H,6-14H2,1H3,(H,22,25). The van der Waals surface area contributed by atoms with Crippen LogP contribution in [0, 0.1) is 0 Å². The Morgan fingerprint density at radius 2 is 1.79 bits per heavy atom. The number of rotatable bonds is 4. The SMILES string of the molecule is CC1=C(C(=O)Nc2ccc(CC(=O)N3CCC4(CC3)OCCO4)cc2)SCCO1. The van der Waals surface area contributed by atoms with E-state index in [0.29, 0.717) is 55.7 Å². The van der Waals surface area contributed by atoms with Gasteiger partial charge in [0.15, 0.2) is 5.79 Å². The van der Waals surface area contributed by atoms with E-state index in [1.165, 1.54) is 11.8 Å². The molecule has 7 nitrogen and oxygen atoms in total. The summed E-state index contributed by atoms with van der Waals surface area (Å²) < 4.78 is 16.9. The van der Waals surface area contributed by atoms with E-state index >= 15 is 0 Å². The molecule has 0 aliphatic carbocycles. The Labute approximate surface area is 174 Å². The molecular weight excluding hydrogens is 392 g/mol. The highest BCUT2D eigenvalue weighted by Gasteiger charge is 2.40. The zero-order chi connectivity index (χ0) is 20.3. The van der Waals surface area contributed by atoms with Crippen molar-refractivity contribution in [1.29, 1.82) is 0 Å². The number of benzene rings is 1. The molecule has 156 valence electrons. The maximum Gasteiger partial charge on any atom is 0.265 e. The lowest BCUT2D eigenvalue weighted by Gasteiger charge is -2.37. The van der Waals surface area contributed by atoms with Gasteiger partial charge in [0.2, 0.25) is 5.91 Å². The van der Waals surface area contributed by atoms with Crippen molar-refractivity contribution in [2.24, 2.45) is 0 Å². The smallest absolute Gasteiger partial charge is 0.265 e. The number of thioether (sulfide) groups is 1. The van der Waals surface area contributed by atoms with Crippen LogP contribution in [0.5, 0.6) is 0 Å². The first-order valence-corrected chi connectivity index (χ1v) is 11.0. The zero-order valence-corrected chi connectivity index (χ0v) is 17.4. The summed E-state index contributed by atoms with van der Waals surface area (Å²) in [6.45, 7) is 5.03. The molecule has 0 radical (unpaired) electrons. The summed E-state index contributed by atoms with van der Waals surface area (Å²) in [5.41, 5.74) is 1.63. The van der Waals surface area contributed by atoms with Crippen molar-refractivity contribution in [3.05, 3.63) is 40.5 Å². The summed E-state index contributed by atoms with van der Waals surface area (Å²) in [4.78, 5) is 27.5. The summed E-state index contributed by atoms with van der Waals surface area (Å²) >= 11 is 1.51. The Kier molecular flexibility index (Phi) is 6.12. The van der Waals surface area contributed by atoms with Crippen molar-refractivity contribution in [2.45, 2.75) is 32.0 Å². The predicted molar refractivity (Wildman–Crippen MR) is 110 cm³/mol. The Morgan fingerprint density at radius 3 is 2.45 bits per heavy atom. The quantitative estimate of drug-likeness (QED) is 0.810. The summed E-state index contributed by atoms with van der Waals surface area (Å²) in [6.07, 6.45) is 1.79. The molecule has 0 atom stereocenters. The molecule has 4 rings (SSSR count). The number of hydrogen-bond donors (Lipinski definition) is 1. The normalized spacial score (nSPS) is 21.2. The van der Waals surface area contributed by atoms with Crippen molar-refractivity contribution in [3.63, 3.8) is 0 Å². The zero-order valence-electron chi connectivity index (χ0n) is 16.6. The first kappa shape index (κ1) is 20.3. The van der Waals surface area contributed by atoms with Crippen molar-refractivity contribution < 1.29 is 23.8 Å². The van der Waals surface area contributed by atoms with Crippen molar-refractivity contribution >= 4 is 29.3 Å². The molecule has 1 N–H and O–H groups in total. The summed E-state index contributed by atoms with van der Waals surface area (Å²) in [7, 11) is 0. The van der Waals surface area contributed by atoms with Crippen LogP contribution < -0.4 is 5.32 Å². The highest BCUT2D eigenvalue weighted by Crippen LogP contribution is 2.31. The number of hydrogen-bond acceptors (Lipinski definition) is 6. The van der Waals surface area contributed by atoms with Gasteiger partial charge in [0.05, 0.1) is 26.2 Å². The van der Waals surface area contributed by atoms with Gasteiger partial charge >= 0.3 is 0 Å². The third-order valence-corrected chi connectivity index (χ3v) is 6.57. The van der Waals surface area contributed by atoms with Gasteiger partial charge in [0.25, 0.3) is 5.91 Å². The molecule has 2 fully saturated rings. The van der Waals surface area contributed by atoms with Gasteiger partial charge in [-0.25, -0.2) is 0 Å². The lowest BCUT2D eigenvalue weighted by molar-refractivity contribution is -0.187. The lowest BCUT2D eigenvalue weighted by atomic mass is 10.0. The van der Waals surface area contributed by atoms with Crippen molar-refractivity contribution in [2.75, 3.05) is 44.0 Å². The molecule has 3 aliphatic rings. The first-order chi connectivity index (χ1) is 14.0. The molecule has 1 aromatic carbocycles. The van der Waals surface area contributed by atoms with Gasteiger partial charge in [-0.3, -0.25) is 9.59 Å². The Morgan fingerprint density at radius 1 is 1.10 bits per heavy atom. The molecule has 2 saturated heterocycles. The number of anilines is 1. The fourth-order valence-electron chi connectivity index (χ4n) is 3.79. The van der Waals surface area contributed by atoms with Crippen LogP contribution in [-0.2, 0) is 30.2 Å². The number of amides is 2. The van der Waals surface area contributed by atoms with Gasteiger partial charge in [0, 0.05) is 37.4 Å². The van der Waals surface area contributed by atoms with Gasteiger partial charge in [-0.15, -0.1) is 11.8 Å². The molecule has 2 amide bonds. The number of nitrogens with zero attached hydrogens (tertiary/aromatic N) is 1. The Bertz CT molecular complexity index is 792. The van der Waals surface area contributed by atoms with Gasteiger partial charge in [0.1, 0.15) is 10.7 Å². The van der Waals surface area contributed by atoms with Crippen LogP contribution in [0.3, 0.4) is 0 Å². The second kappa shape index (κ2) is 8.77. The topological polar surface area (TPSA) is 77.1 Å². The van der Waals surface area contributed by atoms with E-state index in [1.807, 2.05) is 36.1 Å². The van der Waals surface area contributed by atoms with Crippen molar-refractivity contribution in [3.8, 4) is 0 Å². The molecule has 3 aliphatic heterocycles. The largest absolute Gasteiger partial charge is 0.496 e. The molecule has 8 heteroatoms. The molecule has 1 spiro atoms. The molecule has 1 aromatic rings. The monoisotopic (exact) mass is 418 g/mol. The molecule has 29 heavy (non-hydrogen) atoms. The number of nitrogens with one attached hydrogen (secondary N) is 1. The first-order valence-electron chi connectivity index (χ1n) is 9.97. The maximum atomic E-state index is 12.6. The average Bonchev–Trinajstić information content (AvgIpc) is 3.18. The molecule has 3 heterocycles. The van der Waals surface area contributed by atoms with E-state index in [-0.39, 0.29) is 11.8 Å². The lowest BCUT2D eigenvalue weighted by Crippen LogP contribution is -2.47. The second-order valence-corrected chi connectivity index (χ2v) is 8.50. The molecule has 0 bridgehead atoms. The van der Waals surface area contributed by atoms with Crippen LogP contribution in [0.15, 0.2) is 34.9 Å². The third-order valence-electron chi connectivity index (χ3n) is 5.43. The average molecular weight is 419 g/mol. The minimum absolute atomic E-state index is 0.103. The van der Waals surface area contributed by atoms with Gasteiger partial charge in [-0.05, 0) is 24.6 Å². The van der Waals surface area contributed by atoms with Gasteiger partial charge < -0.3 is 24.4 Å². The van der Waals surface area contributed by atoms with Crippen LogP contribution >= 0.6 is 11.8 Å². The minimum Gasteiger partial charge on any atom is -0.496 e.